The van der Waals surface area contributed by atoms with E-state index in [4.69, 9.17) is 0 Å². The molecule has 0 fully saturated rings. The molecule has 2 aliphatic rings. The molecule has 0 amide bonds. The molecule has 1 aromatic heterocycles. The number of Topliss-reactive ketones (excluding diaryl/α,β-unsaturated/α-hetero) is 1. The number of nitrogens with one attached hydrogen (secondary N) is 1. The molecule has 148 valence electrons. The Labute approximate surface area is 180 Å². The zero-order valence-electron chi connectivity index (χ0n) is 16.9. The first-order valence-electron chi connectivity index (χ1n) is 9.77. The summed E-state index contributed by atoms with van der Waals surface area (Å²) in [7, 11) is 0. The molecular formula is C24H24N2OS2. The van der Waals surface area contributed by atoms with Crippen molar-refractivity contribution >= 4 is 28.9 Å². The summed E-state index contributed by atoms with van der Waals surface area (Å²) >= 11 is 3.27. The van der Waals surface area contributed by atoms with Crippen LogP contribution in [0.25, 0.3) is 0 Å². The number of carbonyl (C=O) groups is 1. The van der Waals surface area contributed by atoms with Crippen molar-refractivity contribution < 1.29 is 4.79 Å². The number of dihydropyridines is 1. The zero-order valence-corrected chi connectivity index (χ0v) is 18.5. The average Bonchev–Trinajstić information content (AvgIpc) is 3.19. The summed E-state index contributed by atoms with van der Waals surface area (Å²) in [6.45, 7) is 6.36. The predicted molar refractivity (Wildman–Crippen MR) is 120 cm³/mol. The van der Waals surface area contributed by atoms with Crippen LogP contribution in [0.5, 0.6) is 0 Å². The highest BCUT2D eigenvalue weighted by Gasteiger charge is 2.42. The number of ketones is 1. The van der Waals surface area contributed by atoms with E-state index < -0.39 is 0 Å². The molecule has 0 radical (unpaired) electrons. The summed E-state index contributed by atoms with van der Waals surface area (Å²) < 4.78 is 0. The third-order valence-corrected chi connectivity index (χ3v) is 7.48. The molecule has 4 rings (SSSR count). The number of benzene rings is 1. The Morgan fingerprint density at radius 1 is 1.24 bits per heavy atom. The summed E-state index contributed by atoms with van der Waals surface area (Å²) in [5, 5.41) is 16.5. The Kier molecular flexibility index (Phi) is 5.42. The van der Waals surface area contributed by atoms with Crippen molar-refractivity contribution in [1.82, 2.24) is 5.32 Å². The van der Waals surface area contributed by atoms with Crippen molar-refractivity contribution in [3.63, 3.8) is 0 Å². The minimum Gasteiger partial charge on any atom is -0.352 e. The van der Waals surface area contributed by atoms with Gasteiger partial charge in [-0.15, -0.1) is 23.1 Å². The SMILES string of the molecule is Cc1ccc(CSC2=C(C#N)C(c3cccs3)C3=C(CC(C)(C)CC3=O)N2)cc1. The van der Waals surface area contributed by atoms with Crippen LogP contribution in [0, 0.1) is 23.7 Å². The van der Waals surface area contributed by atoms with Gasteiger partial charge in [0.15, 0.2) is 5.78 Å². The molecule has 2 heterocycles. The molecule has 29 heavy (non-hydrogen) atoms. The normalized spacial score (nSPS) is 20.9. The van der Waals surface area contributed by atoms with Gasteiger partial charge in [-0.05, 0) is 35.8 Å². The lowest BCUT2D eigenvalue weighted by molar-refractivity contribution is -0.118. The third-order valence-electron chi connectivity index (χ3n) is 5.46. The van der Waals surface area contributed by atoms with Gasteiger partial charge < -0.3 is 5.32 Å². The number of nitriles is 1. The molecule has 1 N–H and O–H groups in total. The van der Waals surface area contributed by atoms with Gasteiger partial charge >= 0.3 is 0 Å². The van der Waals surface area contributed by atoms with Crippen LogP contribution in [-0.4, -0.2) is 5.78 Å². The first kappa shape index (κ1) is 20.0. The maximum absolute atomic E-state index is 13.1. The summed E-state index contributed by atoms with van der Waals surface area (Å²) in [5.74, 6) is 0.697. The fourth-order valence-corrected chi connectivity index (χ4v) is 5.93. The number of hydrogen-bond donors (Lipinski definition) is 1. The highest BCUT2D eigenvalue weighted by Crippen LogP contribution is 2.48. The monoisotopic (exact) mass is 420 g/mol. The lowest BCUT2D eigenvalue weighted by Gasteiger charge is -2.38. The molecule has 1 unspecified atom stereocenters. The summed E-state index contributed by atoms with van der Waals surface area (Å²) in [6.07, 6.45) is 1.35. The maximum Gasteiger partial charge on any atom is 0.162 e. The van der Waals surface area contributed by atoms with Crippen LogP contribution in [0.2, 0.25) is 0 Å². The Morgan fingerprint density at radius 3 is 2.66 bits per heavy atom. The van der Waals surface area contributed by atoms with Crippen molar-refractivity contribution in [3.8, 4) is 6.07 Å². The summed E-state index contributed by atoms with van der Waals surface area (Å²) in [5.41, 5.74) is 4.84. The summed E-state index contributed by atoms with van der Waals surface area (Å²) in [4.78, 5) is 14.2. The Bertz CT molecular complexity index is 1040. The molecular weight excluding hydrogens is 396 g/mol. The van der Waals surface area contributed by atoms with Crippen LogP contribution in [-0.2, 0) is 10.5 Å². The van der Waals surface area contributed by atoms with Crippen LogP contribution in [0.4, 0.5) is 0 Å². The van der Waals surface area contributed by atoms with E-state index in [1.807, 2.05) is 17.5 Å². The van der Waals surface area contributed by atoms with Gasteiger partial charge in [0, 0.05) is 28.3 Å². The molecule has 0 bridgehead atoms. The average molecular weight is 421 g/mol. The fourth-order valence-electron chi connectivity index (χ4n) is 4.07. The van der Waals surface area contributed by atoms with Gasteiger partial charge in [-0.2, -0.15) is 5.26 Å². The minimum atomic E-state index is -0.250. The van der Waals surface area contributed by atoms with Gasteiger partial charge in [0.2, 0.25) is 0 Å². The number of aryl methyl sites for hydroxylation is 1. The molecule has 0 saturated carbocycles. The third kappa shape index (κ3) is 4.05. The van der Waals surface area contributed by atoms with Crippen molar-refractivity contribution in [2.75, 3.05) is 0 Å². The maximum atomic E-state index is 13.1. The first-order chi connectivity index (χ1) is 13.9. The second-order valence-corrected chi connectivity index (χ2v) is 10.5. The lowest BCUT2D eigenvalue weighted by atomic mass is 9.70. The van der Waals surface area contributed by atoms with E-state index >= 15 is 0 Å². The molecule has 0 saturated heterocycles. The van der Waals surface area contributed by atoms with Crippen LogP contribution in [0.3, 0.4) is 0 Å². The number of allylic oxidation sites excluding steroid dienone is 3. The Morgan fingerprint density at radius 2 is 2.00 bits per heavy atom. The quantitative estimate of drug-likeness (QED) is 0.654. The summed E-state index contributed by atoms with van der Waals surface area (Å²) in [6, 6.07) is 14.9. The van der Waals surface area contributed by atoms with Crippen molar-refractivity contribution in [2.24, 2.45) is 5.41 Å². The molecule has 1 atom stereocenters. The van der Waals surface area contributed by atoms with Crippen LogP contribution >= 0.6 is 23.1 Å². The second kappa shape index (κ2) is 7.85. The van der Waals surface area contributed by atoms with Gasteiger partial charge in [0.1, 0.15) is 0 Å². The van der Waals surface area contributed by atoms with E-state index in [1.165, 1.54) is 11.1 Å². The highest BCUT2D eigenvalue weighted by molar-refractivity contribution is 8.02. The van der Waals surface area contributed by atoms with E-state index in [2.05, 4.69) is 56.4 Å². The number of carbonyl (C=O) groups excluding carboxylic acids is 1. The molecule has 0 spiro atoms. The molecule has 1 aliphatic carbocycles. The minimum absolute atomic E-state index is 0.0696. The molecule has 3 nitrogen and oxygen atoms in total. The number of thioether (sulfide) groups is 1. The van der Waals surface area contributed by atoms with Gasteiger partial charge in [-0.3, -0.25) is 4.79 Å². The fraction of sp³-hybridized carbons (Fsp3) is 0.333. The van der Waals surface area contributed by atoms with Crippen LogP contribution in [0.15, 0.2) is 63.7 Å². The standard InChI is InChI=1S/C24H24N2OS2/c1-15-6-8-16(9-7-15)14-29-23-17(13-25)21(20-5-4-10-28-20)22-18(26-23)11-24(2,3)12-19(22)27/h4-10,21,26H,11-12,14H2,1-3H3. The van der Waals surface area contributed by atoms with E-state index in [9.17, 15) is 10.1 Å². The highest BCUT2D eigenvalue weighted by atomic mass is 32.2. The Hall–Kier alpha value is -2.29. The molecule has 1 aliphatic heterocycles. The van der Waals surface area contributed by atoms with Crippen molar-refractivity contribution in [2.45, 2.75) is 45.3 Å². The largest absolute Gasteiger partial charge is 0.352 e. The van der Waals surface area contributed by atoms with Crippen LogP contribution < -0.4 is 5.32 Å². The van der Waals surface area contributed by atoms with E-state index in [-0.39, 0.29) is 17.1 Å². The van der Waals surface area contributed by atoms with E-state index in [1.54, 1.807) is 23.1 Å². The number of nitrogens with zero attached hydrogens (tertiary/aromatic N) is 1. The first-order valence-corrected chi connectivity index (χ1v) is 11.6. The number of thiophene rings is 1. The number of rotatable bonds is 4. The van der Waals surface area contributed by atoms with Crippen molar-refractivity contribution in [3.05, 3.63) is 79.7 Å². The van der Waals surface area contributed by atoms with Gasteiger partial charge in [0.05, 0.1) is 22.6 Å². The van der Waals surface area contributed by atoms with Crippen LogP contribution in [0.1, 0.15) is 48.6 Å². The van der Waals surface area contributed by atoms with Gasteiger partial charge in [-0.1, -0.05) is 49.7 Å². The zero-order chi connectivity index (χ0) is 20.6. The molecule has 1 aromatic carbocycles. The molecule has 2 aromatic rings. The van der Waals surface area contributed by atoms with Crippen molar-refractivity contribution in [1.29, 1.82) is 5.26 Å². The van der Waals surface area contributed by atoms with E-state index in [0.717, 1.165) is 33.4 Å². The predicted octanol–water partition coefficient (Wildman–Crippen LogP) is 6.06. The topological polar surface area (TPSA) is 52.9 Å². The Balaban J connectivity index is 1.72. The number of hydrogen-bond acceptors (Lipinski definition) is 5. The molecule has 5 heteroatoms. The van der Waals surface area contributed by atoms with Gasteiger partial charge in [0.25, 0.3) is 0 Å². The smallest absolute Gasteiger partial charge is 0.162 e. The van der Waals surface area contributed by atoms with E-state index in [0.29, 0.717) is 12.0 Å². The van der Waals surface area contributed by atoms with Gasteiger partial charge in [-0.25, -0.2) is 0 Å². The second-order valence-electron chi connectivity index (χ2n) is 8.54. The lowest BCUT2D eigenvalue weighted by Crippen LogP contribution is -2.36.